The van der Waals surface area contributed by atoms with E-state index in [1.807, 2.05) is 12.1 Å². The maximum absolute atomic E-state index is 12.5. The average Bonchev–Trinajstić information content (AvgIpc) is 2.43. The number of hydrogen-bond acceptors (Lipinski definition) is 3. The molecule has 1 N–H and O–H groups in total. The van der Waals surface area contributed by atoms with Crippen molar-refractivity contribution in [3.05, 3.63) is 41.1 Å². The summed E-state index contributed by atoms with van der Waals surface area (Å²) in [5.74, 6) is -0.257. The van der Waals surface area contributed by atoms with E-state index < -0.39 is 5.60 Å². The van der Waals surface area contributed by atoms with Crippen LogP contribution in [0.2, 0.25) is 0 Å². The predicted molar refractivity (Wildman–Crippen MR) is 105 cm³/mol. The zero-order valence-electron chi connectivity index (χ0n) is 10.7. The largest absolute Gasteiger partial charge is 0.451 e. The van der Waals surface area contributed by atoms with Gasteiger partial charge in [-0.05, 0) is 99.1 Å². The number of hydrogen-bond donors (Lipinski definition) is 1. The molecule has 2 rings (SSSR count). The summed E-state index contributed by atoms with van der Waals surface area (Å²) >= 11 is 6.66. The molecule has 1 aromatic carbocycles. The molecule has 1 fully saturated rings. The fraction of sp³-hybridized carbons (Fsp3) is 0.357. The van der Waals surface area contributed by atoms with E-state index in [-0.39, 0.29) is 5.97 Å². The van der Waals surface area contributed by atoms with E-state index in [9.17, 15) is 4.79 Å². The molecule has 1 aromatic rings. The van der Waals surface area contributed by atoms with E-state index in [4.69, 9.17) is 4.74 Å². The highest BCUT2D eigenvalue weighted by Gasteiger charge is 2.33. The van der Waals surface area contributed by atoms with Crippen molar-refractivity contribution in [3.63, 3.8) is 0 Å². The van der Waals surface area contributed by atoms with E-state index >= 15 is 0 Å². The predicted octanol–water partition coefficient (Wildman–Crippen LogP) is 3.97. The van der Waals surface area contributed by atoms with Gasteiger partial charge in [0.2, 0.25) is 0 Å². The quantitative estimate of drug-likeness (QED) is 0.244. The second kappa shape index (κ2) is 7.23. The van der Waals surface area contributed by atoms with Gasteiger partial charge in [0, 0.05) is 23.6 Å². The molecule has 6 heteroatoms. The van der Waals surface area contributed by atoms with Gasteiger partial charge >= 0.3 is 5.97 Å². The zero-order valence-corrected chi connectivity index (χ0v) is 17.2. The lowest BCUT2D eigenvalue weighted by Crippen LogP contribution is -2.43. The fourth-order valence-electron chi connectivity index (χ4n) is 2.14. The molecule has 0 aliphatic carbocycles. The molecule has 1 heterocycles. The lowest BCUT2D eigenvalue weighted by atomic mass is 9.92. The molecule has 1 aliphatic heterocycles. The third-order valence-electron chi connectivity index (χ3n) is 3.33. The van der Waals surface area contributed by atoms with Crippen molar-refractivity contribution in [1.82, 2.24) is 5.32 Å². The molecule has 108 valence electrons. The van der Waals surface area contributed by atoms with Gasteiger partial charge < -0.3 is 10.1 Å². The van der Waals surface area contributed by atoms with Gasteiger partial charge in [0.15, 0.2) is 0 Å². The van der Waals surface area contributed by atoms with E-state index in [1.165, 1.54) is 0 Å². The molecule has 0 spiro atoms. The first-order valence-corrected chi connectivity index (χ1v) is 9.43. The van der Waals surface area contributed by atoms with Crippen molar-refractivity contribution in [2.45, 2.75) is 18.4 Å². The van der Waals surface area contributed by atoms with Crippen LogP contribution in [0.1, 0.15) is 23.2 Å². The lowest BCUT2D eigenvalue weighted by molar-refractivity contribution is -0.00834. The normalized spacial score (nSPS) is 17.6. The minimum Gasteiger partial charge on any atom is -0.451 e. The van der Waals surface area contributed by atoms with E-state index in [1.54, 1.807) is 6.08 Å². The van der Waals surface area contributed by atoms with Crippen molar-refractivity contribution in [1.29, 1.82) is 0 Å². The van der Waals surface area contributed by atoms with Crippen LogP contribution in [0, 0.1) is 10.7 Å². The van der Waals surface area contributed by atoms with Crippen molar-refractivity contribution in [2.75, 3.05) is 13.1 Å². The minimum atomic E-state index is -0.530. The highest BCUT2D eigenvalue weighted by Crippen LogP contribution is 2.29. The molecular formula is C14H14I3NO2. The van der Waals surface area contributed by atoms with Gasteiger partial charge in [0.25, 0.3) is 0 Å². The number of carbonyl (C=O) groups is 1. The Bertz CT molecular complexity index is 539. The summed E-state index contributed by atoms with van der Waals surface area (Å²) in [6, 6.07) is 3.93. The molecule has 1 aliphatic rings. The number of esters is 1. The lowest BCUT2D eigenvalue weighted by Gasteiger charge is -2.34. The molecule has 0 atom stereocenters. The first-order chi connectivity index (χ1) is 9.47. The smallest absolute Gasteiger partial charge is 0.340 e. The van der Waals surface area contributed by atoms with Crippen molar-refractivity contribution in [2.24, 2.45) is 0 Å². The Hall–Kier alpha value is 0.580. The van der Waals surface area contributed by atoms with Gasteiger partial charge in [0.1, 0.15) is 5.60 Å². The molecule has 0 saturated carbocycles. The number of carbonyl (C=O) groups excluding carboxylic acids is 1. The Labute approximate surface area is 159 Å². The van der Waals surface area contributed by atoms with Crippen LogP contribution in [0.25, 0.3) is 0 Å². The van der Waals surface area contributed by atoms with Crippen LogP contribution in [0.3, 0.4) is 0 Å². The minimum absolute atomic E-state index is 0.257. The van der Waals surface area contributed by atoms with Crippen LogP contribution < -0.4 is 5.32 Å². The Kier molecular flexibility index (Phi) is 6.12. The second-order valence-corrected chi connectivity index (χ2v) is 8.14. The Balaban J connectivity index is 2.25. The zero-order chi connectivity index (χ0) is 14.8. The summed E-state index contributed by atoms with van der Waals surface area (Å²) in [4.78, 5) is 12.5. The highest BCUT2D eigenvalue weighted by molar-refractivity contribution is 14.1. The van der Waals surface area contributed by atoms with Crippen molar-refractivity contribution >= 4 is 73.7 Å². The molecule has 0 bridgehead atoms. The maximum atomic E-state index is 12.5. The van der Waals surface area contributed by atoms with E-state index in [2.05, 4.69) is 79.7 Å². The number of halogens is 3. The first kappa shape index (κ1) is 16.9. The van der Waals surface area contributed by atoms with Crippen molar-refractivity contribution < 1.29 is 9.53 Å². The molecule has 0 unspecified atom stereocenters. The molecular weight excluding hydrogens is 595 g/mol. The van der Waals surface area contributed by atoms with E-state index in [0.29, 0.717) is 5.56 Å². The molecule has 0 radical (unpaired) electrons. The van der Waals surface area contributed by atoms with Gasteiger partial charge in [-0.3, -0.25) is 0 Å². The number of benzene rings is 1. The van der Waals surface area contributed by atoms with Gasteiger partial charge in [0.05, 0.1) is 5.56 Å². The summed E-state index contributed by atoms with van der Waals surface area (Å²) < 4.78 is 8.85. The highest BCUT2D eigenvalue weighted by atomic mass is 127. The van der Waals surface area contributed by atoms with E-state index in [0.717, 1.165) is 36.6 Å². The monoisotopic (exact) mass is 609 g/mol. The third kappa shape index (κ3) is 3.86. The topological polar surface area (TPSA) is 38.3 Å². The maximum Gasteiger partial charge on any atom is 0.340 e. The van der Waals surface area contributed by atoms with Crippen LogP contribution >= 0.6 is 67.8 Å². The van der Waals surface area contributed by atoms with Crippen LogP contribution in [0.4, 0.5) is 0 Å². The number of rotatable bonds is 3. The van der Waals surface area contributed by atoms with Crippen LogP contribution in [-0.2, 0) is 4.74 Å². The molecule has 0 aromatic heterocycles. The van der Waals surface area contributed by atoms with Gasteiger partial charge in [-0.25, -0.2) is 4.79 Å². The summed E-state index contributed by atoms with van der Waals surface area (Å²) in [5.41, 5.74) is 0.111. The molecule has 1 saturated heterocycles. The molecule has 0 amide bonds. The molecule has 20 heavy (non-hydrogen) atoms. The summed E-state index contributed by atoms with van der Waals surface area (Å²) in [5, 5.41) is 3.27. The SMILES string of the molecule is C=CC1(OC(=O)c2cc(I)cc(I)c2I)CCNCC1. The fourth-order valence-corrected chi connectivity index (χ4v) is 4.52. The Morgan fingerprint density at radius 1 is 1.30 bits per heavy atom. The Morgan fingerprint density at radius 2 is 1.95 bits per heavy atom. The molecule has 3 nitrogen and oxygen atoms in total. The summed E-state index contributed by atoms with van der Waals surface area (Å²) in [6.45, 7) is 5.55. The van der Waals surface area contributed by atoms with Gasteiger partial charge in [-0.15, -0.1) is 0 Å². The number of ether oxygens (including phenoxy) is 1. The number of piperidine rings is 1. The first-order valence-electron chi connectivity index (χ1n) is 6.20. The second-order valence-electron chi connectivity index (χ2n) is 4.66. The average molecular weight is 609 g/mol. The number of nitrogens with one attached hydrogen (secondary N) is 1. The summed E-state index contributed by atoms with van der Waals surface area (Å²) in [7, 11) is 0. The third-order valence-corrected chi connectivity index (χ3v) is 7.00. The van der Waals surface area contributed by atoms with Gasteiger partial charge in [-0.1, -0.05) is 6.58 Å². The van der Waals surface area contributed by atoms with Crippen LogP contribution in [-0.4, -0.2) is 24.7 Å². The van der Waals surface area contributed by atoms with Crippen LogP contribution in [0.15, 0.2) is 24.8 Å². The Morgan fingerprint density at radius 3 is 2.55 bits per heavy atom. The standard InChI is InChI=1S/C14H14I3NO2/c1-2-14(3-5-18-6-4-14)20-13(19)10-7-9(15)8-11(16)12(10)17/h2,7-8,18H,1,3-6H2. The van der Waals surface area contributed by atoms with Gasteiger partial charge in [-0.2, -0.15) is 0 Å². The van der Waals surface area contributed by atoms with Crippen LogP contribution in [0.5, 0.6) is 0 Å². The summed E-state index contributed by atoms with van der Waals surface area (Å²) in [6.07, 6.45) is 3.33. The van der Waals surface area contributed by atoms with Crippen molar-refractivity contribution in [3.8, 4) is 0 Å².